The van der Waals surface area contributed by atoms with Gasteiger partial charge in [-0.2, -0.15) is 0 Å². The zero-order valence-electron chi connectivity index (χ0n) is 13.4. The summed E-state index contributed by atoms with van der Waals surface area (Å²) in [5.74, 6) is 3.72. The van der Waals surface area contributed by atoms with Crippen LogP contribution in [0.5, 0.6) is 11.5 Å². The highest BCUT2D eigenvalue weighted by Gasteiger charge is 2.40. The van der Waals surface area contributed by atoms with Crippen LogP contribution in [-0.2, 0) is 4.79 Å². The molecule has 2 fully saturated rings. The van der Waals surface area contributed by atoms with Crippen LogP contribution in [0, 0.1) is 17.8 Å². The lowest BCUT2D eigenvalue weighted by Gasteiger charge is -2.21. The molecule has 0 heterocycles. The molecular formula is C18H25NO3. The van der Waals surface area contributed by atoms with E-state index >= 15 is 0 Å². The summed E-state index contributed by atoms with van der Waals surface area (Å²) in [6.07, 6.45) is 5.93. The Morgan fingerprint density at radius 1 is 1.27 bits per heavy atom. The van der Waals surface area contributed by atoms with Crippen LogP contribution in [0.25, 0.3) is 0 Å². The Kier molecular flexibility index (Phi) is 4.55. The number of ether oxygens (including phenoxy) is 2. The van der Waals surface area contributed by atoms with E-state index in [1.807, 2.05) is 25.1 Å². The number of nitrogens with one attached hydrogen (secondary N) is 1. The summed E-state index contributed by atoms with van der Waals surface area (Å²) >= 11 is 0. The predicted octanol–water partition coefficient (Wildman–Crippen LogP) is 3.86. The number of methoxy groups -OCH3 is 1. The van der Waals surface area contributed by atoms with Gasteiger partial charge in [-0.3, -0.25) is 4.79 Å². The monoisotopic (exact) mass is 303 g/mol. The predicted molar refractivity (Wildman–Crippen MR) is 86.3 cm³/mol. The van der Waals surface area contributed by atoms with Gasteiger partial charge in [-0.05, 0) is 56.1 Å². The molecule has 1 aromatic rings. The van der Waals surface area contributed by atoms with Gasteiger partial charge in [-0.15, -0.1) is 0 Å². The van der Waals surface area contributed by atoms with Crippen molar-refractivity contribution in [3.8, 4) is 11.5 Å². The van der Waals surface area contributed by atoms with Crippen LogP contribution in [0.2, 0.25) is 0 Å². The Balaban J connectivity index is 1.59. The van der Waals surface area contributed by atoms with Gasteiger partial charge in [0.15, 0.2) is 11.5 Å². The first-order valence-electron chi connectivity index (χ1n) is 8.30. The van der Waals surface area contributed by atoms with E-state index in [0.717, 1.165) is 17.5 Å². The summed E-state index contributed by atoms with van der Waals surface area (Å²) in [6, 6.07) is 5.53. The van der Waals surface area contributed by atoms with E-state index in [-0.39, 0.29) is 5.91 Å². The molecule has 4 heteroatoms. The van der Waals surface area contributed by atoms with Crippen molar-refractivity contribution >= 4 is 11.6 Å². The summed E-state index contributed by atoms with van der Waals surface area (Å²) in [7, 11) is 1.61. The van der Waals surface area contributed by atoms with E-state index in [2.05, 4.69) is 5.32 Å². The Hall–Kier alpha value is -1.71. The molecule has 4 nitrogen and oxygen atoms in total. The third kappa shape index (κ3) is 3.21. The highest BCUT2D eigenvalue weighted by atomic mass is 16.5. The van der Waals surface area contributed by atoms with Crippen molar-refractivity contribution in [1.82, 2.24) is 0 Å². The third-order valence-electron chi connectivity index (χ3n) is 5.08. The first-order chi connectivity index (χ1) is 10.7. The van der Waals surface area contributed by atoms with E-state index < -0.39 is 0 Å². The lowest BCUT2D eigenvalue weighted by Crippen LogP contribution is -2.20. The van der Waals surface area contributed by atoms with E-state index in [1.165, 1.54) is 25.7 Å². The summed E-state index contributed by atoms with van der Waals surface area (Å²) in [5, 5.41) is 3.00. The molecule has 0 saturated heterocycles. The van der Waals surface area contributed by atoms with Crippen LogP contribution in [0.3, 0.4) is 0 Å². The summed E-state index contributed by atoms with van der Waals surface area (Å²) in [6.45, 7) is 2.52. The van der Waals surface area contributed by atoms with Gasteiger partial charge in [-0.25, -0.2) is 0 Å². The standard InChI is InChI=1S/C18H25NO3/c1-3-22-16-7-6-15(11-17(16)21-2)19-18(20)10-14-9-12-4-5-13(14)8-12/h6-7,11-14H,3-5,8-10H2,1-2H3,(H,19,20)/t12-,13+,14+/m0/s1. The van der Waals surface area contributed by atoms with Gasteiger partial charge in [0.05, 0.1) is 13.7 Å². The maximum atomic E-state index is 12.3. The molecule has 1 amide bonds. The normalized spacial score (nSPS) is 26.0. The molecule has 2 aliphatic carbocycles. The molecule has 0 radical (unpaired) electrons. The molecule has 3 rings (SSSR count). The number of benzene rings is 1. The van der Waals surface area contributed by atoms with Crippen molar-refractivity contribution in [3.05, 3.63) is 18.2 Å². The largest absolute Gasteiger partial charge is 0.493 e. The molecular weight excluding hydrogens is 278 g/mol. The van der Waals surface area contributed by atoms with Crippen LogP contribution < -0.4 is 14.8 Å². The second-order valence-electron chi connectivity index (χ2n) is 6.49. The third-order valence-corrected chi connectivity index (χ3v) is 5.08. The molecule has 0 aromatic heterocycles. The molecule has 22 heavy (non-hydrogen) atoms. The second-order valence-corrected chi connectivity index (χ2v) is 6.49. The van der Waals surface area contributed by atoms with Gasteiger partial charge in [0.1, 0.15) is 0 Å². The van der Waals surface area contributed by atoms with Crippen molar-refractivity contribution in [2.75, 3.05) is 19.0 Å². The number of anilines is 1. The van der Waals surface area contributed by atoms with Crippen LogP contribution in [0.4, 0.5) is 5.69 Å². The number of carbonyl (C=O) groups is 1. The first kappa shape index (κ1) is 15.2. The van der Waals surface area contributed by atoms with E-state index in [1.54, 1.807) is 7.11 Å². The fraction of sp³-hybridized carbons (Fsp3) is 0.611. The zero-order valence-corrected chi connectivity index (χ0v) is 13.4. The van der Waals surface area contributed by atoms with Crippen LogP contribution in [0.15, 0.2) is 18.2 Å². The van der Waals surface area contributed by atoms with E-state index in [9.17, 15) is 4.79 Å². The Morgan fingerprint density at radius 2 is 2.14 bits per heavy atom. The van der Waals surface area contributed by atoms with Gasteiger partial charge in [0.25, 0.3) is 0 Å². The fourth-order valence-corrected chi connectivity index (χ4v) is 4.10. The molecule has 1 N–H and O–H groups in total. The van der Waals surface area contributed by atoms with Gasteiger partial charge < -0.3 is 14.8 Å². The SMILES string of the molecule is CCOc1ccc(NC(=O)C[C@H]2C[C@H]3CC[C@@H]2C3)cc1OC. The topological polar surface area (TPSA) is 47.6 Å². The maximum absolute atomic E-state index is 12.3. The Labute approximate surface area is 132 Å². The van der Waals surface area contributed by atoms with Gasteiger partial charge in [-0.1, -0.05) is 6.42 Å². The van der Waals surface area contributed by atoms with Crippen molar-refractivity contribution in [1.29, 1.82) is 0 Å². The fourth-order valence-electron chi connectivity index (χ4n) is 4.10. The van der Waals surface area contributed by atoms with Gasteiger partial charge >= 0.3 is 0 Å². The molecule has 2 aliphatic rings. The quantitative estimate of drug-likeness (QED) is 0.868. The number of fused-ring (bicyclic) bond motifs is 2. The molecule has 0 spiro atoms. The Bertz CT molecular complexity index is 543. The minimum Gasteiger partial charge on any atom is -0.493 e. The van der Waals surface area contributed by atoms with Crippen LogP contribution >= 0.6 is 0 Å². The molecule has 2 bridgehead atoms. The highest BCUT2D eigenvalue weighted by Crippen LogP contribution is 2.49. The van der Waals surface area contributed by atoms with Crippen molar-refractivity contribution in [3.63, 3.8) is 0 Å². The van der Waals surface area contributed by atoms with Gasteiger partial charge in [0, 0.05) is 18.2 Å². The summed E-state index contributed by atoms with van der Waals surface area (Å²) in [5.41, 5.74) is 0.772. The smallest absolute Gasteiger partial charge is 0.224 e. The highest BCUT2D eigenvalue weighted by molar-refractivity contribution is 5.91. The second kappa shape index (κ2) is 6.59. The van der Waals surface area contributed by atoms with E-state index in [0.29, 0.717) is 30.4 Å². The number of rotatable bonds is 6. The molecule has 0 unspecified atom stereocenters. The molecule has 1 aromatic carbocycles. The minimum absolute atomic E-state index is 0.115. The van der Waals surface area contributed by atoms with Crippen molar-refractivity contribution in [2.45, 2.75) is 39.0 Å². The number of amides is 1. The van der Waals surface area contributed by atoms with Gasteiger partial charge in [0.2, 0.25) is 5.91 Å². The van der Waals surface area contributed by atoms with Crippen molar-refractivity contribution in [2.24, 2.45) is 17.8 Å². The minimum atomic E-state index is 0.115. The molecule has 120 valence electrons. The average molecular weight is 303 g/mol. The lowest BCUT2D eigenvalue weighted by atomic mass is 9.86. The molecule has 3 atom stereocenters. The van der Waals surface area contributed by atoms with Crippen molar-refractivity contribution < 1.29 is 14.3 Å². The number of hydrogen-bond donors (Lipinski definition) is 1. The summed E-state index contributed by atoms with van der Waals surface area (Å²) in [4.78, 5) is 12.3. The maximum Gasteiger partial charge on any atom is 0.224 e. The Morgan fingerprint density at radius 3 is 2.77 bits per heavy atom. The summed E-state index contributed by atoms with van der Waals surface area (Å²) < 4.78 is 10.8. The molecule has 0 aliphatic heterocycles. The first-order valence-corrected chi connectivity index (χ1v) is 8.30. The zero-order chi connectivity index (χ0) is 15.5. The number of carbonyl (C=O) groups excluding carboxylic acids is 1. The molecule has 2 saturated carbocycles. The lowest BCUT2D eigenvalue weighted by molar-refractivity contribution is -0.117. The van der Waals surface area contributed by atoms with E-state index in [4.69, 9.17) is 9.47 Å². The van der Waals surface area contributed by atoms with Crippen LogP contribution in [0.1, 0.15) is 39.0 Å². The van der Waals surface area contributed by atoms with Crippen LogP contribution in [-0.4, -0.2) is 19.6 Å². The number of hydrogen-bond acceptors (Lipinski definition) is 3. The average Bonchev–Trinajstić information content (AvgIpc) is 3.11.